The van der Waals surface area contributed by atoms with Crippen molar-refractivity contribution in [3.05, 3.63) is 17.1 Å². The van der Waals surface area contributed by atoms with Crippen molar-refractivity contribution in [2.45, 2.75) is 34.1 Å². The van der Waals surface area contributed by atoms with Crippen LogP contribution in [0.4, 0.5) is 5.82 Å². The molecule has 1 aliphatic rings. The number of esters is 1. The summed E-state index contributed by atoms with van der Waals surface area (Å²) < 4.78 is 11.0. The highest BCUT2D eigenvalue weighted by molar-refractivity contribution is 6.08. The smallest absolute Gasteiger partial charge is 0.342 e. The summed E-state index contributed by atoms with van der Waals surface area (Å²) in [7, 11) is 0. The number of piperazine rings is 1. The summed E-state index contributed by atoms with van der Waals surface area (Å²) >= 11 is 0. The number of nitrogens with zero attached hydrogens (tertiary/aromatic N) is 4. The van der Waals surface area contributed by atoms with E-state index in [1.165, 1.54) is 0 Å². The minimum Gasteiger partial charge on any atom is -0.462 e. The molecule has 0 aromatic carbocycles. The van der Waals surface area contributed by atoms with Crippen molar-refractivity contribution < 1.29 is 13.9 Å². The molecule has 7 nitrogen and oxygen atoms in total. The fraction of sp³-hybridized carbons (Fsp3) is 0.611. The molecule has 7 heteroatoms. The molecule has 0 amide bonds. The highest BCUT2D eigenvalue weighted by atomic mass is 16.5. The number of furan rings is 1. The molecule has 3 rings (SSSR count). The van der Waals surface area contributed by atoms with E-state index < -0.39 is 0 Å². The Bertz CT molecular complexity index is 763. The maximum Gasteiger partial charge on any atom is 0.342 e. The van der Waals surface area contributed by atoms with Gasteiger partial charge in [0.15, 0.2) is 0 Å². The van der Waals surface area contributed by atoms with E-state index in [9.17, 15) is 4.79 Å². The van der Waals surface area contributed by atoms with E-state index in [1.54, 1.807) is 13.8 Å². The van der Waals surface area contributed by atoms with Gasteiger partial charge in [-0.2, -0.15) is 4.98 Å². The molecule has 0 aliphatic carbocycles. The quantitative estimate of drug-likeness (QED) is 0.770. The molecule has 25 heavy (non-hydrogen) atoms. The lowest BCUT2D eigenvalue weighted by Gasteiger charge is -2.35. The molecule has 0 unspecified atom stereocenters. The molecular weight excluding hydrogens is 320 g/mol. The van der Waals surface area contributed by atoms with Crippen molar-refractivity contribution in [3.8, 4) is 0 Å². The molecule has 1 aliphatic heterocycles. The van der Waals surface area contributed by atoms with Gasteiger partial charge in [0.25, 0.3) is 0 Å². The van der Waals surface area contributed by atoms with Crippen LogP contribution in [0.15, 0.2) is 4.42 Å². The summed E-state index contributed by atoms with van der Waals surface area (Å²) in [6.45, 7) is 12.8. The Kier molecular flexibility index (Phi) is 5.22. The second-order valence-electron chi connectivity index (χ2n) is 6.36. The van der Waals surface area contributed by atoms with Crippen LogP contribution in [-0.4, -0.2) is 60.2 Å². The highest BCUT2D eigenvalue weighted by Gasteiger charge is 2.28. The maximum atomic E-state index is 12.4. The molecule has 136 valence electrons. The lowest BCUT2D eigenvalue weighted by Crippen LogP contribution is -2.47. The summed E-state index contributed by atoms with van der Waals surface area (Å²) in [4.78, 5) is 26.1. The number of hydrogen-bond donors (Lipinski definition) is 0. The first-order chi connectivity index (χ1) is 12.0. The van der Waals surface area contributed by atoms with Crippen molar-refractivity contribution in [2.24, 2.45) is 0 Å². The normalized spacial score (nSPS) is 15.8. The number of hydrogen-bond acceptors (Lipinski definition) is 7. The fourth-order valence-electron chi connectivity index (χ4n) is 3.37. The van der Waals surface area contributed by atoms with Crippen LogP contribution in [0.2, 0.25) is 0 Å². The summed E-state index contributed by atoms with van der Waals surface area (Å²) in [5, 5.41) is 0.672. The monoisotopic (exact) mass is 346 g/mol. The minimum absolute atomic E-state index is 0.322. The number of aryl methyl sites for hydroxylation is 2. The lowest BCUT2D eigenvalue weighted by molar-refractivity contribution is 0.0526. The van der Waals surface area contributed by atoms with Gasteiger partial charge < -0.3 is 14.1 Å². The lowest BCUT2D eigenvalue weighted by atomic mass is 10.1. The summed E-state index contributed by atoms with van der Waals surface area (Å²) in [6, 6.07) is 0. The molecule has 0 spiro atoms. The first kappa shape index (κ1) is 17.7. The first-order valence-corrected chi connectivity index (χ1v) is 8.97. The highest BCUT2D eigenvalue weighted by Crippen LogP contribution is 2.32. The summed E-state index contributed by atoms with van der Waals surface area (Å²) in [6.07, 6.45) is 1.16. The van der Waals surface area contributed by atoms with E-state index in [4.69, 9.17) is 9.15 Å². The molecular formula is C18H26N4O3. The average molecular weight is 346 g/mol. The van der Waals surface area contributed by atoms with E-state index in [1.807, 2.05) is 6.92 Å². The molecule has 3 heterocycles. The number of rotatable bonds is 5. The van der Waals surface area contributed by atoms with Gasteiger partial charge in [-0.05, 0) is 33.7 Å². The molecule has 0 N–H and O–H groups in total. The Morgan fingerprint density at radius 2 is 1.88 bits per heavy atom. The van der Waals surface area contributed by atoms with E-state index >= 15 is 0 Å². The zero-order valence-corrected chi connectivity index (χ0v) is 15.5. The van der Waals surface area contributed by atoms with Gasteiger partial charge in [0.1, 0.15) is 23.0 Å². The third-order valence-corrected chi connectivity index (χ3v) is 4.51. The van der Waals surface area contributed by atoms with Crippen LogP contribution in [-0.2, 0) is 4.74 Å². The van der Waals surface area contributed by atoms with Gasteiger partial charge in [0.2, 0.25) is 5.71 Å². The number of anilines is 1. The molecule has 1 fully saturated rings. The van der Waals surface area contributed by atoms with E-state index in [0.29, 0.717) is 34.9 Å². The standard InChI is InChI=1S/C18H26N4O3/c1-5-7-21-8-10-22(11-9-21)16-15-14(18(23)24-6-2)12(3)25-17(15)20-13(4)19-16/h5-11H2,1-4H3. The Hall–Kier alpha value is -2.15. The molecule has 0 atom stereocenters. The van der Waals surface area contributed by atoms with Crippen LogP contribution in [0, 0.1) is 13.8 Å². The van der Waals surface area contributed by atoms with Gasteiger partial charge in [-0.3, -0.25) is 4.90 Å². The van der Waals surface area contributed by atoms with E-state index in [0.717, 1.165) is 45.0 Å². The van der Waals surface area contributed by atoms with Gasteiger partial charge >= 0.3 is 5.97 Å². The van der Waals surface area contributed by atoms with E-state index in [2.05, 4.69) is 26.7 Å². The number of fused-ring (bicyclic) bond motifs is 1. The van der Waals surface area contributed by atoms with Crippen molar-refractivity contribution >= 4 is 22.9 Å². The van der Waals surface area contributed by atoms with Crippen molar-refractivity contribution in [2.75, 3.05) is 44.2 Å². The SMILES string of the molecule is CCCN1CCN(c2nc(C)nc3oc(C)c(C(=O)OCC)c23)CC1. The molecule has 2 aromatic rings. The predicted octanol–water partition coefficient (Wildman–Crippen LogP) is 2.55. The third kappa shape index (κ3) is 3.46. The van der Waals surface area contributed by atoms with Crippen LogP contribution < -0.4 is 4.90 Å². The molecule has 2 aromatic heterocycles. The predicted molar refractivity (Wildman–Crippen MR) is 96.2 cm³/mol. The van der Waals surface area contributed by atoms with Gasteiger partial charge in [-0.25, -0.2) is 9.78 Å². The average Bonchev–Trinajstić information content (AvgIpc) is 2.91. The first-order valence-electron chi connectivity index (χ1n) is 8.97. The van der Waals surface area contributed by atoms with Gasteiger partial charge in [0.05, 0.1) is 12.0 Å². The number of ether oxygens (including phenoxy) is 1. The maximum absolute atomic E-state index is 12.4. The van der Waals surface area contributed by atoms with Crippen molar-refractivity contribution in [1.82, 2.24) is 14.9 Å². The van der Waals surface area contributed by atoms with Crippen LogP contribution in [0.1, 0.15) is 42.2 Å². The largest absolute Gasteiger partial charge is 0.462 e. The van der Waals surface area contributed by atoms with Crippen LogP contribution >= 0.6 is 0 Å². The zero-order chi connectivity index (χ0) is 18.0. The number of carbonyl (C=O) groups is 1. The Morgan fingerprint density at radius 3 is 2.52 bits per heavy atom. The molecule has 0 radical (unpaired) electrons. The van der Waals surface area contributed by atoms with Crippen molar-refractivity contribution in [3.63, 3.8) is 0 Å². The van der Waals surface area contributed by atoms with E-state index in [-0.39, 0.29) is 5.97 Å². The van der Waals surface area contributed by atoms with Crippen LogP contribution in [0.3, 0.4) is 0 Å². The number of aromatic nitrogens is 2. The van der Waals surface area contributed by atoms with Gasteiger partial charge in [-0.1, -0.05) is 6.92 Å². The minimum atomic E-state index is -0.378. The second-order valence-corrected chi connectivity index (χ2v) is 6.36. The van der Waals surface area contributed by atoms with Crippen LogP contribution in [0.25, 0.3) is 11.1 Å². The van der Waals surface area contributed by atoms with Gasteiger partial charge in [0, 0.05) is 26.2 Å². The Labute approximate surface area is 148 Å². The molecule has 1 saturated heterocycles. The summed E-state index contributed by atoms with van der Waals surface area (Å²) in [5.74, 6) is 1.57. The van der Waals surface area contributed by atoms with Crippen molar-refractivity contribution in [1.29, 1.82) is 0 Å². The Balaban J connectivity index is 2.01. The van der Waals surface area contributed by atoms with Crippen LogP contribution in [0.5, 0.6) is 0 Å². The third-order valence-electron chi connectivity index (χ3n) is 4.51. The topological polar surface area (TPSA) is 71.7 Å². The fourth-order valence-corrected chi connectivity index (χ4v) is 3.37. The second kappa shape index (κ2) is 7.39. The molecule has 0 bridgehead atoms. The van der Waals surface area contributed by atoms with Gasteiger partial charge in [-0.15, -0.1) is 0 Å². The molecule has 0 saturated carbocycles. The zero-order valence-electron chi connectivity index (χ0n) is 15.5. The number of carbonyl (C=O) groups excluding carboxylic acids is 1. The summed E-state index contributed by atoms with van der Waals surface area (Å²) in [5.41, 5.74) is 0.905. The Morgan fingerprint density at radius 1 is 1.16 bits per heavy atom.